The average Bonchev–Trinajstić information content (AvgIpc) is 3.66. The van der Waals surface area contributed by atoms with E-state index in [2.05, 4.69) is 14.9 Å². The van der Waals surface area contributed by atoms with Crippen molar-refractivity contribution in [2.75, 3.05) is 41.2 Å². The number of nitrogens with two attached hydrogens (primary N) is 1. The number of carbonyl (C=O) groups is 2. The molecule has 0 aliphatic carbocycles. The van der Waals surface area contributed by atoms with E-state index in [1.807, 2.05) is 6.92 Å². The lowest BCUT2D eigenvalue weighted by molar-refractivity contribution is -0.148. The third-order valence-electron chi connectivity index (χ3n) is 7.08. The van der Waals surface area contributed by atoms with Crippen molar-refractivity contribution in [2.24, 2.45) is 0 Å². The number of anilines is 3. The first-order valence-electron chi connectivity index (χ1n) is 12.7. The Morgan fingerprint density at radius 2 is 2.10 bits per heavy atom. The van der Waals surface area contributed by atoms with Crippen LogP contribution in [0.15, 0.2) is 30.6 Å². The van der Waals surface area contributed by atoms with Gasteiger partial charge in [-0.25, -0.2) is 14.8 Å². The van der Waals surface area contributed by atoms with Crippen LogP contribution in [0, 0.1) is 0 Å². The molecule has 1 unspecified atom stereocenters. The number of nitrogen functional groups attached to an aromatic ring is 1. The first-order valence-corrected chi connectivity index (χ1v) is 14.6. The van der Waals surface area contributed by atoms with E-state index >= 15 is 0 Å². The number of aliphatic carboxylic acids is 1. The van der Waals surface area contributed by atoms with E-state index in [-0.39, 0.29) is 19.4 Å². The zero-order valence-corrected chi connectivity index (χ0v) is 22.9. The molecule has 2 fully saturated rings. The van der Waals surface area contributed by atoms with E-state index in [0.717, 1.165) is 35.6 Å². The van der Waals surface area contributed by atoms with Crippen LogP contribution in [0.4, 0.5) is 16.0 Å². The number of rotatable bonds is 10. The van der Waals surface area contributed by atoms with Crippen molar-refractivity contribution in [3.05, 3.63) is 36.2 Å². The first-order chi connectivity index (χ1) is 18.8. The molecule has 4 heterocycles. The number of nitrogens with zero attached hydrogens (tertiary/aromatic N) is 5. The second-order valence-corrected chi connectivity index (χ2v) is 11.2. The van der Waals surface area contributed by atoms with Crippen LogP contribution in [-0.2, 0) is 27.3 Å². The summed E-state index contributed by atoms with van der Waals surface area (Å²) in [5.41, 5.74) is 6.61. The summed E-state index contributed by atoms with van der Waals surface area (Å²) in [6.45, 7) is 3.97. The standard InChI is InChI=1S/C25H30N6O6S2/c1-2-37-20-13-17-15(5-7-27-22(17)26)11-16(20)12-19(24(33)34)30-10-6-18(23(30)32)31(39(35)36)21-14-28-25(38-21)29-8-3-4-9-29/h5,7,11,13-14,18-19H,2-4,6,8-10,12H2,1H3,(H2,26,27)(H,33,34)(H,35,36)/p-1/t18-,19+/m0/s1. The van der Waals surface area contributed by atoms with Gasteiger partial charge in [-0.3, -0.25) is 13.3 Å². The maximum absolute atomic E-state index is 13.6. The van der Waals surface area contributed by atoms with Gasteiger partial charge in [0.25, 0.3) is 0 Å². The summed E-state index contributed by atoms with van der Waals surface area (Å²) in [7, 11) is 0. The number of carboxylic acid groups (broad SMARTS) is 1. The number of thiazole rings is 1. The molecule has 0 radical (unpaired) electrons. The van der Waals surface area contributed by atoms with Gasteiger partial charge in [-0.1, -0.05) is 11.3 Å². The summed E-state index contributed by atoms with van der Waals surface area (Å²) in [4.78, 5) is 37.8. The third-order valence-corrected chi connectivity index (χ3v) is 9.03. The van der Waals surface area contributed by atoms with Crippen LogP contribution < -0.4 is 19.7 Å². The molecule has 1 aromatic carbocycles. The van der Waals surface area contributed by atoms with Crippen molar-refractivity contribution in [1.29, 1.82) is 0 Å². The van der Waals surface area contributed by atoms with Gasteiger partial charge in [-0.05, 0) is 55.3 Å². The molecule has 0 spiro atoms. The van der Waals surface area contributed by atoms with Gasteiger partial charge in [0.15, 0.2) is 5.13 Å². The van der Waals surface area contributed by atoms with E-state index in [4.69, 9.17) is 10.5 Å². The Kier molecular flexibility index (Phi) is 7.86. The van der Waals surface area contributed by atoms with Crippen molar-refractivity contribution in [3.63, 3.8) is 0 Å². The number of aromatic nitrogens is 2. The molecule has 1 amide bonds. The van der Waals surface area contributed by atoms with Crippen LogP contribution in [-0.4, -0.2) is 78.9 Å². The number of carbonyl (C=O) groups excluding carboxylic acids is 1. The van der Waals surface area contributed by atoms with E-state index in [1.54, 1.807) is 24.4 Å². The monoisotopic (exact) mass is 573 g/mol. The molecule has 39 heavy (non-hydrogen) atoms. The number of amides is 1. The number of pyridine rings is 1. The molecule has 2 saturated heterocycles. The van der Waals surface area contributed by atoms with Crippen molar-refractivity contribution in [3.8, 4) is 5.75 Å². The summed E-state index contributed by atoms with van der Waals surface area (Å²) in [6, 6.07) is 3.02. The minimum atomic E-state index is -2.75. The molecule has 0 saturated carbocycles. The maximum atomic E-state index is 13.6. The highest BCUT2D eigenvalue weighted by molar-refractivity contribution is 7.81. The van der Waals surface area contributed by atoms with E-state index in [1.165, 1.54) is 22.4 Å². The molecule has 2 aromatic heterocycles. The van der Waals surface area contributed by atoms with Crippen molar-refractivity contribution in [2.45, 2.75) is 44.7 Å². The molecular formula is C25H29N6O6S2-. The maximum Gasteiger partial charge on any atom is 0.326 e. The molecule has 3 aromatic rings. The number of carboxylic acids is 1. The molecule has 3 atom stereocenters. The van der Waals surface area contributed by atoms with Crippen molar-refractivity contribution >= 4 is 61.2 Å². The SMILES string of the molecule is CCOc1cc2c(N)nccc2cc1C[C@H](C(=O)O)N1CC[C@H](N(c2cnc(N3CCCC3)s2)S(=O)[O-])C1=O. The normalized spacial score (nSPS) is 19.0. The van der Waals surface area contributed by atoms with Crippen LogP contribution in [0.3, 0.4) is 0 Å². The van der Waals surface area contributed by atoms with Gasteiger partial charge < -0.3 is 29.9 Å². The Balaban J connectivity index is 1.41. The Morgan fingerprint density at radius 1 is 1.33 bits per heavy atom. The van der Waals surface area contributed by atoms with Crippen molar-refractivity contribution < 1.29 is 28.2 Å². The second kappa shape index (κ2) is 11.3. The van der Waals surface area contributed by atoms with Gasteiger partial charge in [0.2, 0.25) is 5.91 Å². The number of hydrogen-bond donors (Lipinski definition) is 2. The highest BCUT2D eigenvalue weighted by Gasteiger charge is 2.43. The quantitative estimate of drug-likeness (QED) is 0.343. The van der Waals surface area contributed by atoms with Crippen LogP contribution >= 0.6 is 11.3 Å². The highest BCUT2D eigenvalue weighted by Crippen LogP contribution is 2.36. The minimum absolute atomic E-state index is 0.0264. The van der Waals surface area contributed by atoms with Gasteiger partial charge >= 0.3 is 5.97 Å². The largest absolute Gasteiger partial charge is 0.755 e. The van der Waals surface area contributed by atoms with E-state index in [9.17, 15) is 23.5 Å². The summed E-state index contributed by atoms with van der Waals surface area (Å²) in [6.07, 6.45) is 5.25. The smallest absolute Gasteiger partial charge is 0.326 e. The fourth-order valence-corrected chi connectivity index (χ4v) is 7.04. The number of hydrogen-bond acceptors (Lipinski definition) is 10. The van der Waals surface area contributed by atoms with Gasteiger partial charge in [0.1, 0.15) is 28.7 Å². The highest BCUT2D eigenvalue weighted by atomic mass is 32.2. The lowest BCUT2D eigenvalue weighted by Gasteiger charge is -2.31. The molecule has 5 rings (SSSR count). The zero-order chi connectivity index (χ0) is 27.7. The van der Waals surface area contributed by atoms with Crippen LogP contribution in [0.1, 0.15) is 31.7 Å². The minimum Gasteiger partial charge on any atom is -0.755 e. The Labute approximate surface area is 231 Å². The van der Waals surface area contributed by atoms with E-state index in [0.29, 0.717) is 39.3 Å². The zero-order valence-electron chi connectivity index (χ0n) is 21.3. The van der Waals surface area contributed by atoms with Gasteiger partial charge in [-0.2, -0.15) is 0 Å². The second-order valence-electron chi connectivity index (χ2n) is 9.42. The fourth-order valence-electron chi connectivity index (χ4n) is 5.22. The molecular weight excluding hydrogens is 544 g/mol. The summed E-state index contributed by atoms with van der Waals surface area (Å²) < 4.78 is 31.4. The molecule has 2 aliphatic heterocycles. The summed E-state index contributed by atoms with van der Waals surface area (Å²) >= 11 is -1.54. The Bertz CT molecular complexity index is 1410. The number of fused-ring (bicyclic) bond motifs is 1. The Hall–Kier alpha value is -3.49. The summed E-state index contributed by atoms with van der Waals surface area (Å²) in [5, 5.41) is 12.6. The van der Waals surface area contributed by atoms with Crippen molar-refractivity contribution in [1.82, 2.24) is 14.9 Å². The Morgan fingerprint density at radius 3 is 2.79 bits per heavy atom. The number of benzene rings is 1. The lowest BCUT2D eigenvalue weighted by atomic mass is 10.00. The molecule has 0 bridgehead atoms. The van der Waals surface area contributed by atoms with Gasteiger partial charge in [0, 0.05) is 48.9 Å². The van der Waals surface area contributed by atoms with Gasteiger partial charge in [0.05, 0.1) is 12.8 Å². The average molecular weight is 574 g/mol. The van der Waals surface area contributed by atoms with E-state index < -0.39 is 35.2 Å². The topological polar surface area (TPSA) is 165 Å². The molecule has 12 nitrogen and oxygen atoms in total. The predicted octanol–water partition coefficient (Wildman–Crippen LogP) is 2.17. The summed E-state index contributed by atoms with van der Waals surface area (Å²) in [5.74, 6) is -0.964. The van der Waals surface area contributed by atoms with Crippen LogP contribution in [0.2, 0.25) is 0 Å². The lowest BCUT2D eigenvalue weighted by Crippen LogP contribution is -2.48. The first kappa shape index (κ1) is 27.1. The van der Waals surface area contributed by atoms with Crippen LogP contribution in [0.25, 0.3) is 10.8 Å². The molecule has 14 heteroatoms. The van der Waals surface area contributed by atoms with Crippen LogP contribution in [0.5, 0.6) is 5.75 Å². The number of ether oxygens (including phenoxy) is 1. The molecule has 2 aliphatic rings. The predicted molar refractivity (Wildman–Crippen MR) is 148 cm³/mol. The third kappa shape index (κ3) is 5.36. The number of likely N-dealkylation sites (tertiary alicyclic amines) is 1. The van der Waals surface area contributed by atoms with Gasteiger partial charge in [-0.15, -0.1) is 0 Å². The molecule has 3 N–H and O–H groups in total. The fraction of sp³-hybridized carbons (Fsp3) is 0.440. The molecule has 208 valence electrons.